The van der Waals surface area contributed by atoms with Gasteiger partial charge in [0.1, 0.15) is 0 Å². The van der Waals surface area contributed by atoms with Gasteiger partial charge in [0.15, 0.2) is 0 Å². The predicted molar refractivity (Wildman–Crippen MR) is 68.8 cm³/mol. The number of rotatable bonds is 7. The maximum absolute atomic E-state index is 11.9. The van der Waals surface area contributed by atoms with E-state index in [0.29, 0.717) is 6.04 Å². The standard InChI is InChI=1S/C13H26N2O2/c1-11(14-9-5-6-10-16)13(17)15-12-7-3-2-4-8-12/h11-12,14,16H,2-10H2,1H3,(H,15,17). The fourth-order valence-electron chi connectivity index (χ4n) is 2.22. The maximum atomic E-state index is 11.9. The summed E-state index contributed by atoms with van der Waals surface area (Å²) in [5.41, 5.74) is 0. The van der Waals surface area contributed by atoms with E-state index in [1.807, 2.05) is 6.92 Å². The van der Waals surface area contributed by atoms with Crippen LogP contribution in [0, 0.1) is 0 Å². The average molecular weight is 242 g/mol. The molecule has 1 saturated carbocycles. The van der Waals surface area contributed by atoms with Crippen LogP contribution in [0.1, 0.15) is 51.9 Å². The lowest BCUT2D eigenvalue weighted by molar-refractivity contribution is -0.123. The molecular formula is C13H26N2O2. The molecule has 0 radical (unpaired) electrons. The van der Waals surface area contributed by atoms with E-state index in [4.69, 9.17) is 5.11 Å². The summed E-state index contributed by atoms with van der Waals surface area (Å²) in [5, 5.41) is 14.9. The van der Waals surface area contributed by atoms with Crippen molar-refractivity contribution >= 4 is 5.91 Å². The van der Waals surface area contributed by atoms with E-state index in [-0.39, 0.29) is 18.6 Å². The predicted octanol–water partition coefficient (Wildman–Crippen LogP) is 1.19. The smallest absolute Gasteiger partial charge is 0.237 e. The van der Waals surface area contributed by atoms with Crippen LogP contribution in [0.5, 0.6) is 0 Å². The van der Waals surface area contributed by atoms with Gasteiger partial charge in [0.05, 0.1) is 6.04 Å². The summed E-state index contributed by atoms with van der Waals surface area (Å²) >= 11 is 0. The zero-order chi connectivity index (χ0) is 12.5. The first-order valence-electron chi connectivity index (χ1n) is 6.88. The number of carbonyl (C=O) groups is 1. The number of amides is 1. The molecule has 4 heteroatoms. The van der Waals surface area contributed by atoms with Crippen LogP contribution < -0.4 is 10.6 Å². The molecule has 0 spiro atoms. The Bertz CT molecular complexity index is 215. The first kappa shape index (κ1) is 14.5. The molecule has 1 rings (SSSR count). The Morgan fingerprint density at radius 2 is 2.00 bits per heavy atom. The minimum absolute atomic E-state index is 0.112. The summed E-state index contributed by atoms with van der Waals surface area (Å²) in [6.45, 7) is 2.92. The van der Waals surface area contributed by atoms with Crippen molar-refractivity contribution in [3.05, 3.63) is 0 Å². The number of nitrogens with one attached hydrogen (secondary N) is 2. The molecule has 0 aromatic carbocycles. The molecule has 17 heavy (non-hydrogen) atoms. The Morgan fingerprint density at radius 1 is 1.29 bits per heavy atom. The molecule has 1 aliphatic rings. The molecule has 0 heterocycles. The van der Waals surface area contributed by atoms with Crippen LogP contribution in [0.2, 0.25) is 0 Å². The third-order valence-electron chi connectivity index (χ3n) is 3.38. The van der Waals surface area contributed by atoms with Gasteiger partial charge in [0, 0.05) is 12.6 Å². The van der Waals surface area contributed by atoms with E-state index < -0.39 is 0 Å². The Labute approximate surface area is 104 Å². The number of hydrogen-bond acceptors (Lipinski definition) is 3. The summed E-state index contributed by atoms with van der Waals surface area (Å²) < 4.78 is 0. The van der Waals surface area contributed by atoms with Crippen molar-refractivity contribution in [3.8, 4) is 0 Å². The Kier molecular flexibility index (Phi) is 7.21. The Balaban J connectivity index is 2.12. The fraction of sp³-hybridized carbons (Fsp3) is 0.923. The van der Waals surface area contributed by atoms with Crippen LogP contribution >= 0.6 is 0 Å². The molecule has 0 aliphatic heterocycles. The van der Waals surface area contributed by atoms with Crippen LogP contribution in [0.3, 0.4) is 0 Å². The van der Waals surface area contributed by atoms with Gasteiger partial charge in [-0.15, -0.1) is 0 Å². The van der Waals surface area contributed by atoms with Crippen molar-refractivity contribution in [3.63, 3.8) is 0 Å². The number of aliphatic hydroxyl groups excluding tert-OH is 1. The summed E-state index contributed by atoms with van der Waals surface area (Å²) in [4.78, 5) is 11.9. The van der Waals surface area contributed by atoms with E-state index >= 15 is 0 Å². The number of hydrogen-bond donors (Lipinski definition) is 3. The van der Waals surface area contributed by atoms with Gasteiger partial charge in [0.25, 0.3) is 0 Å². The molecule has 1 fully saturated rings. The highest BCUT2D eigenvalue weighted by atomic mass is 16.2. The van der Waals surface area contributed by atoms with Crippen molar-refractivity contribution in [1.82, 2.24) is 10.6 Å². The topological polar surface area (TPSA) is 61.4 Å². The normalized spacial score (nSPS) is 18.9. The molecule has 1 amide bonds. The van der Waals surface area contributed by atoms with Crippen molar-refractivity contribution in [2.45, 2.75) is 64.0 Å². The van der Waals surface area contributed by atoms with Crippen LogP contribution in [0.4, 0.5) is 0 Å². The molecule has 0 aromatic rings. The highest BCUT2D eigenvalue weighted by molar-refractivity contribution is 5.81. The van der Waals surface area contributed by atoms with Gasteiger partial charge in [-0.3, -0.25) is 4.79 Å². The monoisotopic (exact) mass is 242 g/mol. The van der Waals surface area contributed by atoms with Gasteiger partial charge in [-0.25, -0.2) is 0 Å². The molecule has 0 saturated heterocycles. The van der Waals surface area contributed by atoms with Gasteiger partial charge in [0.2, 0.25) is 5.91 Å². The average Bonchev–Trinajstić information content (AvgIpc) is 2.35. The summed E-state index contributed by atoms with van der Waals surface area (Å²) in [6.07, 6.45) is 7.75. The van der Waals surface area contributed by atoms with Crippen LogP contribution in [0.15, 0.2) is 0 Å². The van der Waals surface area contributed by atoms with Gasteiger partial charge < -0.3 is 15.7 Å². The number of unbranched alkanes of at least 4 members (excludes halogenated alkanes) is 1. The van der Waals surface area contributed by atoms with Gasteiger partial charge >= 0.3 is 0 Å². The van der Waals surface area contributed by atoms with Gasteiger partial charge in [-0.2, -0.15) is 0 Å². The Hall–Kier alpha value is -0.610. The van der Waals surface area contributed by atoms with Crippen LogP contribution in [-0.2, 0) is 4.79 Å². The number of carbonyl (C=O) groups excluding carboxylic acids is 1. The molecule has 1 atom stereocenters. The molecule has 3 N–H and O–H groups in total. The summed E-state index contributed by atoms with van der Waals surface area (Å²) in [6, 6.07) is 0.258. The lowest BCUT2D eigenvalue weighted by atomic mass is 9.95. The zero-order valence-corrected chi connectivity index (χ0v) is 10.9. The van der Waals surface area contributed by atoms with Crippen LogP contribution in [0.25, 0.3) is 0 Å². The zero-order valence-electron chi connectivity index (χ0n) is 10.9. The first-order valence-corrected chi connectivity index (χ1v) is 6.88. The van der Waals surface area contributed by atoms with E-state index in [1.54, 1.807) is 0 Å². The molecule has 1 aliphatic carbocycles. The van der Waals surface area contributed by atoms with Crippen molar-refractivity contribution < 1.29 is 9.90 Å². The highest BCUT2D eigenvalue weighted by Crippen LogP contribution is 2.17. The molecule has 4 nitrogen and oxygen atoms in total. The van der Waals surface area contributed by atoms with Gasteiger partial charge in [-0.05, 0) is 39.2 Å². The van der Waals surface area contributed by atoms with Crippen LogP contribution in [-0.4, -0.2) is 36.2 Å². The maximum Gasteiger partial charge on any atom is 0.237 e. The fourth-order valence-corrected chi connectivity index (χ4v) is 2.22. The second kappa shape index (κ2) is 8.48. The molecular weight excluding hydrogens is 216 g/mol. The summed E-state index contributed by atoms with van der Waals surface area (Å²) in [7, 11) is 0. The van der Waals surface area contributed by atoms with E-state index in [9.17, 15) is 4.79 Å². The third-order valence-corrected chi connectivity index (χ3v) is 3.38. The second-order valence-corrected chi connectivity index (χ2v) is 4.95. The molecule has 0 aromatic heterocycles. The largest absolute Gasteiger partial charge is 0.396 e. The molecule has 100 valence electrons. The van der Waals surface area contributed by atoms with Crippen molar-refractivity contribution in [2.24, 2.45) is 0 Å². The minimum Gasteiger partial charge on any atom is -0.396 e. The third kappa shape index (κ3) is 6.03. The molecule has 0 bridgehead atoms. The first-order chi connectivity index (χ1) is 8.24. The van der Waals surface area contributed by atoms with Crippen molar-refractivity contribution in [2.75, 3.05) is 13.2 Å². The lowest BCUT2D eigenvalue weighted by Gasteiger charge is -2.24. The molecule has 1 unspecified atom stereocenters. The summed E-state index contributed by atoms with van der Waals surface area (Å²) in [5.74, 6) is 0.112. The van der Waals surface area contributed by atoms with Gasteiger partial charge in [-0.1, -0.05) is 19.3 Å². The highest BCUT2D eigenvalue weighted by Gasteiger charge is 2.18. The Morgan fingerprint density at radius 3 is 2.65 bits per heavy atom. The number of aliphatic hydroxyl groups is 1. The van der Waals surface area contributed by atoms with E-state index in [2.05, 4.69) is 10.6 Å². The van der Waals surface area contributed by atoms with E-state index in [1.165, 1.54) is 19.3 Å². The minimum atomic E-state index is -0.129. The second-order valence-electron chi connectivity index (χ2n) is 4.95. The van der Waals surface area contributed by atoms with E-state index in [0.717, 1.165) is 32.2 Å². The van der Waals surface area contributed by atoms with Crippen molar-refractivity contribution in [1.29, 1.82) is 0 Å². The SMILES string of the molecule is CC(NCCCCO)C(=O)NC1CCCCC1. The lowest BCUT2D eigenvalue weighted by Crippen LogP contribution is -2.47. The quantitative estimate of drug-likeness (QED) is 0.588.